The molecular weight excluding hydrogens is 573 g/mol. The Morgan fingerprint density at radius 1 is 0.444 bits per heavy atom. The van der Waals surface area contributed by atoms with Crippen LogP contribution in [0, 0.1) is 0 Å². The Kier molecular flexibility index (Phi) is 6.59. The Bertz CT molecular complexity index is 2130. The van der Waals surface area contributed by atoms with Gasteiger partial charge in [0, 0.05) is 43.3 Å². The van der Waals surface area contributed by atoms with Gasteiger partial charge in [-0.1, -0.05) is 84.9 Å². The Hall–Kier alpha value is -5.78. The number of amides is 2. The van der Waals surface area contributed by atoms with Crippen LogP contribution in [-0.2, 0) is 0 Å². The smallest absolute Gasteiger partial charge is 0.265 e. The van der Waals surface area contributed by atoms with Gasteiger partial charge < -0.3 is 4.90 Å². The molecule has 1 aromatic heterocycles. The summed E-state index contributed by atoms with van der Waals surface area (Å²) in [7, 11) is 0. The molecule has 2 heterocycles. The lowest BCUT2D eigenvalue weighted by Gasteiger charge is -2.27. The predicted octanol–water partition coefficient (Wildman–Crippen LogP) is 10.5. The van der Waals surface area contributed by atoms with Crippen LogP contribution >= 0.6 is 11.3 Å². The first-order valence-electron chi connectivity index (χ1n) is 14.8. The second kappa shape index (κ2) is 11.1. The molecule has 2 amide bonds. The number of carbonyl (C=O) groups is 2. The van der Waals surface area contributed by atoms with Crippen molar-refractivity contribution in [2.24, 2.45) is 0 Å². The van der Waals surface area contributed by atoms with E-state index in [0.717, 1.165) is 48.7 Å². The summed E-state index contributed by atoms with van der Waals surface area (Å²) in [6.07, 6.45) is 0. The SMILES string of the molecule is O=C1c2cccc3c(-c4ccc(-c5ccc(N(c6ccccc6)c6ccccc6)cc5)s4)ccc(c23)C(=O)N1c1ccccc1. The molecule has 0 fully saturated rings. The van der Waals surface area contributed by atoms with Crippen molar-refractivity contribution in [2.45, 2.75) is 0 Å². The summed E-state index contributed by atoms with van der Waals surface area (Å²) in [5, 5.41) is 1.63. The highest BCUT2D eigenvalue weighted by Crippen LogP contribution is 2.42. The highest BCUT2D eigenvalue weighted by atomic mass is 32.1. The lowest BCUT2D eigenvalue weighted by molar-refractivity contribution is 0.0893. The molecule has 0 aliphatic carbocycles. The molecule has 1 aliphatic rings. The fraction of sp³-hybridized carbons (Fsp3) is 0. The Balaban J connectivity index is 1.14. The van der Waals surface area contributed by atoms with Crippen LogP contribution in [0.15, 0.2) is 158 Å². The van der Waals surface area contributed by atoms with Crippen molar-refractivity contribution in [3.63, 3.8) is 0 Å². The second-order valence-corrected chi connectivity index (χ2v) is 12.0. The topological polar surface area (TPSA) is 40.6 Å². The van der Waals surface area contributed by atoms with Crippen molar-refractivity contribution in [3.05, 3.63) is 169 Å². The van der Waals surface area contributed by atoms with E-state index in [1.807, 2.05) is 60.7 Å². The van der Waals surface area contributed by atoms with Crippen molar-refractivity contribution in [1.29, 1.82) is 0 Å². The normalized spacial score (nSPS) is 12.5. The molecule has 0 unspecified atom stereocenters. The number of para-hydroxylation sites is 3. The zero-order valence-corrected chi connectivity index (χ0v) is 24.9. The van der Waals surface area contributed by atoms with Crippen molar-refractivity contribution >= 4 is 56.7 Å². The third-order valence-electron chi connectivity index (χ3n) is 8.23. The molecule has 7 aromatic rings. The van der Waals surface area contributed by atoms with E-state index in [1.165, 1.54) is 4.90 Å². The van der Waals surface area contributed by atoms with Gasteiger partial charge in [-0.05, 0) is 89.3 Å². The van der Waals surface area contributed by atoms with Gasteiger partial charge in [0.2, 0.25) is 0 Å². The lowest BCUT2D eigenvalue weighted by atomic mass is 9.90. The summed E-state index contributed by atoms with van der Waals surface area (Å²) >= 11 is 1.70. The van der Waals surface area contributed by atoms with Crippen LogP contribution in [0.4, 0.5) is 22.7 Å². The molecule has 1 aliphatic heterocycles. The third kappa shape index (κ3) is 4.62. The highest BCUT2D eigenvalue weighted by molar-refractivity contribution is 7.18. The summed E-state index contributed by atoms with van der Waals surface area (Å²) in [6.45, 7) is 0. The van der Waals surface area contributed by atoms with E-state index in [2.05, 4.69) is 89.8 Å². The minimum absolute atomic E-state index is 0.298. The number of imide groups is 1. The molecule has 214 valence electrons. The molecule has 0 saturated carbocycles. The van der Waals surface area contributed by atoms with Gasteiger partial charge in [0.1, 0.15) is 0 Å². The molecule has 0 atom stereocenters. The molecule has 5 heteroatoms. The van der Waals surface area contributed by atoms with Crippen LogP contribution in [0.3, 0.4) is 0 Å². The highest BCUT2D eigenvalue weighted by Gasteiger charge is 2.34. The molecule has 0 N–H and O–H groups in total. The Morgan fingerprint density at radius 3 is 1.62 bits per heavy atom. The maximum Gasteiger partial charge on any atom is 0.265 e. The number of hydrogen-bond donors (Lipinski definition) is 0. The molecule has 0 spiro atoms. The first kappa shape index (κ1) is 26.8. The average Bonchev–Trinajstić information content (AvgIpc) is 3.59. The van der Waals surface area contributed by atoms with E-state index in [-0.39, 0.29) is 11.8 Å². The average molecular weight is 599 g/mol. The Labute approximate surface area is 265 Å². The van der Waals surface area contributed by atoms with Crippen LogP contribution in [0.2, 0.25) is 0 Å². The second-order valence-electron chi connectivity index (χ2n) is 10.9. The van der Waals surface area contributed by atoms with E-state index in [9.17, 15) is 9.59 Å². The molecule has 0 saturated heterocycles. The molecule has 45 heavy (non-hydrogen) atoms. The fourth-order valence-corrected chi connectivity index (χ4v) is 7.19. The van der Waals surface area contributed by atoms with Gasteiger partial charge in [0.05, 0.1) is 5.69 Å². The van der Waals surface area contributed by atoms with E-state index in [4.69, 9.17) is 0 Å². The predicted molar refractivity (Wildman–Crippen MR) is 185 cm³/mol. The number of anilines is 4. The largest absolute Gasteiger partial charge is 0.311 e. The van der Waals surface area contributed by atoms with Gasteiger partial charge in [-0.2, -0.15) is 0 Å². The molecular formula is C40H26N2O2S. The van der Waals surface area contributed by atoms with Crippen molar-refractivity contribution in [1.82, 2.24) is 0 Å². The van der Waals surface area contributed by atoms with E-state index in [1.54, 1.807) is 23.5 Å². The molecule has 6 aromatic carbocycles. The van der Waals surface area contributed by atoms with Gasteiger partial charge >= 0.3 is 0 Å². The number of hydrogen-bond acceptors (Lipinski definition) is 4. The van der Waals surface area contributed by atoms with E-state index >= 15 is 0 Å². The molecule has 8 rings (SSSR count). The van der Waals surface area contributed by atoms with Crippen molar-refractivity contribution in [3.8, 4) is 20.9 Å². The number of nitrogens with zero attached hydrogens (tertiary/aromatic N) is 2. The van der Waals surface area contributed by atoms with Crippen LogP contribution in [0.5, 0.6) is 0 Å². The standard InChI is InChI=1S/C40H26N2O2S/c43-39-34-18-10-17-33-32(23-24-35(38(33)34)40(44)42(39)30-15-8-3-9-16-30)37-26-25-36(45-37)27-19-21-31(22-20-27)41(28-11-4-1-5-12-28)29-13-6-2-7-14-29/h1-26H. The van der Waals surface area contributed by atoms with Gasteiger partial charge in [-0.3, -0.25) is 9.59 Å². The zero-order valence-electron chi connectivity index (χ0n) is 24.1. The van der Waals surface area contributed by atoms with Crippen LogP contribution in [0.1, 0.15) is 20.7 Å². The summed E-state index contributed by atoms with van der Waals surface area (Å²) in [6, 6.07) is 52.4. The van der Waals surface area contributed by atoms with Crippen LogP contribution < -0.4 is 9.80 Å². The van der Waals surface area contributed by atoms with Gasteiger partial charge in [-0.15, -0.1) is 11.3 Å². The summed E-state index contributed by atoms with van der Waals surface area (Å²) in [5.41, 5.74) is 7.07. The summed E-state index contributed by atoms with van der Waals surface area (Å²) in [4.78, 5) is 33.0. The van der Waals surface area contributed by atoms with Gasteiger partial charge in [0.15, 0.2) is 0 Å². The molecule has 0 bridgehead atoms. The van der Waals surface area contributed by atoms with Crippen molar-refractivity contribution < 1.29 is 9.59 Å². The monoisotopic (exact) mass is 598 g/mol. The number of rotatable bonds is 6. The first-order valence-corrected chi connectivity index (χ1v) is 15.6. The van der Waals surface area contributed by atoms with Crippen molar-refractivity contribution in [2.75, 3.05) is 9.80 Å². The van der Waals surface area contributed by atoms with E-state index in [0.29, 0.717) is 16.8 Å². The minimum Gasteiger partial charge on any atom is -0.311 e. The number of thiophene rings is 1. The first-order chi connectivity index (χ1) is 22.2. The fourth-order valence-electron chi connectivity index (χ4n) is 6.14. The summed E-state index contributed by atoms with van der Waals surface area (Å²) in [5.74, 6) is -0.595. The molecule has 0 radical (unpaired) electrons. The number of carbonyl (C=O) groups excluding carboxylic acids is 2. The molecule has 4 nitrogen and oxygen atoms in total. The Morgan fingerprint density at radius 2 is 0.978 bits per heavy atom. The third-order valence-corrected chi connectivity index (χ3v) is 9.40. The zero-order chi connectivity index (χ0) is 30.3. The minimum atomic E-state index is -0.298. The van der Waals surface area contributed by atoms with Crippen LogP contribution in [-0.4, -0.2) is 11.8 Å². The number of benzene rings is 6. The van der Waals surface area contributed by atoms with E-state index < -0.39 is 0 Å². The maximum atomic E-state index is 13.6. The van der Waals surface area contributed by atoms with Gasteiger partial charge in [-0.25, -0.2) is 4.90 Å². The summed E-state index contributed by atoms with van der Waals surface area (Å²) < 4.78 is 0. The lowest BCUT2D eigenvalue weighted by Crippen LogP contribution is -2.40. The maximum absolute atomic E-state index is 13.6. The quantitative estimate of drug-likeness (QED) is 0.179. The van der Waals surface area contributed by atoms with Crippen LogP contribution in [0.25, 0.3) is 31.7 Å². The van der Waals surface area contributed by atoms with Gasteiger partial charge in [0.25, 0.3) is 11.8 Å².